The Kier molecular flexibility index (Phi) is 4.03. The van der Waals surface area contributed by atoms with Gasteiger partial charge in [-0.2, -0.15) is 13.2 Å². The Bertz CT molecular complexity index is 295. The Morgan fingerprint density at radius 3 is 2.65 bits per heavy atom. The summed E-state index contributed by atoms with van der Waals surface area (Å²) in [6.07, 6.45) is -6.56. The van der Waals surface area contributed by atoms with Crippen molar-refractivity contribution in [1.29, 1.82) is 0 Å². The average molecular weight is 255 g/mol. The minimum absolute atomic E-state index is 0.173. The molecule has 1 rings (SSSR count). The Hall–Kier alpha value is -0.820. The molecule has 7 heteroatoms. The zero-order valence-corrected chi connectivity index (χ0v) is 9.75. The first-order chi connectivity index (χ1) is 7.69. The van der Waals surface area contributed by atoms with E-state index in [1.165, 1.54) is 12.0 Å². The Morgan fingerprint density at radius 1 is 1.59 bits per heavy atom. The molecule has 0 aliphatic carbocycles. The molecular weight excluding hydrogens is 239 g/mol. The lowest BCUT2D eigenvalue weighted by Crippen LogP contribution is -2.41. The van der Waals surface area contributed by atoms with Gasteiger partial charge in [0.1, 0.15) is 0 Å². The number of β-amino-alcohol motifs (C(OH)–C–C–N with tert-alkyl or cyclic N) is 1. The molecule has 0 spiro atoms. The van der Waals surface area contributed by atoms with Crippen molar-refractivity contribution in [1.82, 2.24) is 4.90 Å². The van der Waals surface area contributed by atoms with Crippen molar-refractivity contribution in [2.75, 3.05) is 26.7 Å². The van der Waals surface area contributed by atoms with Crippen LogP contribution >= 0.6 is 0 Å². The number of nitrogens with zero attached hydrogens (tertiary/aromatic N) is 1. The summed E-state index contributed by atoms with van der Waals surface area (Å²) in [5.41, 5.74) is -0.778. The molecule has 0 unspecified atom stereocenters. The number of methoxy groups -OCH3 is 1. The van der Waals surface area contributed by atoms with Gasteiger partial charge in [0, 0.05) is 13.1 Å². The maximum absolute atomic E-state index is 12.2. The molecule has 1 fully saturated rings. The quantitative estimate of drug-likeness (QED) is 0.758. The van der Waals surface area contributed by atoms with E-state index in [2.05, 4.69) is 4.74 Å². The Labute approximate surface area is 97.3 Å². The van der Waals surface area contributed by atoms with Crippen molar-refractivity contribution in [3.05, 3.63) is 0 Å². The molecule has 17 heavy (non-hydrogen) atoms. The maximum atomic E-state index is 12.2. The minimum atomic E-state index is -4.62. The first-order valence-corrected chi connectivity index (χ1v) is 5.24. The summed E-state index contributed by atoms with van der Waals surface area (Å²) in [6.45, 7) is 1.67. The summed E-state index contributed by atoms with van der Waals surface area (Å²) in [4.78, 5) is 12.9. The number of hydrogen-bond acceptors (Lipinski definition) is 4. The third-order valence-corrected chi connectivity index (χ3v) is 3.04. The summed E-state index contributed by atoms with van der Waals surface area (Å²) >= 11 is 0. The second kappa shape index (κ2) is 4.81. The number of rotatable bonds is 3. The highest BCUT2D eigenvalue weighted by molar-refractivity contribution is 5.76. The third kappa shape index (κ3) is 3.32. The van der Waals surface area contributed by atoms with Gasteiger partial charge >= 0.3 is 12.1 Å². The summed E-state index contributed by atoms with van der Waals surface area (Å²) in [5.74, 6) is -0.429. The summed E-state index contributed by atoms with van der Waals surface area (Å²) in [5, 5.41) is 8.93. The molecule has 100 valence electrons. The molecule has 2 atom stereocenters. The zero-order valence-electron chi connectivity index (χ0n) is 9.75. The predicted octanol–water partition coefficient (Wildman–Crippen LogP) is 0.795. The van der Waals surface area contributed by atoms with Crippen molar-refractivity contribution in [3.8, 4) is 0 Å². The lowest BCUT2D eigenvalue weighted by molar-refractivity contribution is -0.207. The summed E-state index contributed by atoms with van der Waals surface area (Å²) in [7, 11) is 1.25. The number of carbonyl (C=O) groups is 1. The van der Waals surface area contributed by atoms with Crippen molar-refractivity contribution in [2.45, 2.75) is 25.6 Å². The molecule has 0 bridgehead atoms. The van der Waals surface area contributed by atoms with Gasteiger partial charge in [0.2, 0.25) is 0 Å². The number of aliphatic hydroxyl groups is 1. The van der Waals surface area contributed by atoms with Gasteiger partial charge in [-0.15, -0.1) is 0 Å². The fourth-order valence-electron chi connectivity index (χ4n) is 1.97. The third-order valence-electron chi connectivity index (χ3n) is 3.04. The van der Waals surface area contributed by atoms with Crippen LogP contribution in [0.1, 0.15) is 13.3 Å². The largest absolute Gasteiger partial charge is 0.469 e. The highest BCUT2D eigenvalue weighted by atomic mass is 19.4. The lowest BCUT2D eigenvalue weighted by atomic mass is 9.90. The molecule has 0 aromatic carbocycles. The fraction of sp³-hybridized carbons (Fsp3) is 0.900. The van der Waals surface area contributed by atoms with Crippen LogP contribution in [0.2, 0.25) is 0 Å². The van der Waals surface area contributed by atoms with Gasteiger partial charge in [-0.05, 0) is 19.9 Å². The van der Waals surface area contributed by atoms with Crippen molar-refractivity contribution in [2.24, 2.45) is 5.41 Å². The Morgan fingerprint density at radius 2 is 2.18 bits per heavy atom. The molecule has 0 aromatic heterocycles. The number of alkyl halides is 3. The maximum Gasteiger partial charge on any atom is 0.415 e. The van der Waals surface area contributed by atoms with Gasteiger partial charge in [-0.25, -0.2) is 0 Å². The van der Waals surface area contributed by atoms with Crippen molar-refractivity contribution < 1.29 is 27.8 Å². The number of aliphatic hydroxyl groups excluding tert-OH is 1. The van der Waals surface area contributed by atoms with Crippen LogP contribution in [0.4, 0.5) is 13.2 Å². The second-order valence-electron chi connectivity index (χ2n) is 4.59. The molecule has 0 saturated carbocycles. The lowest BCUT2D eigenvalue weighted by Gasteiger charge is -2.24. The molecule has 0 radical (unpaired) electrons. The molecule has 1 heterocycles. The van der Waals surface area contributed by atoms with E-state index in [1.54, 1.807) is 6.92 Å². The van der Waals surface area contributed by atoms with E-state index in [4.69, 9.17) is 5.11 Å². The Balaban J connectivity index is 2.54. The molecule has 0 amide bonds. The molecular formula is C10H16F3NO3. The second-order valence-corrected chi connectivity index (χ2v) is 4.59. The van der Waals surface area contributed by atoms with E-state index in [0.717, 1.165) is 0 Å². The van der Waals surface area contributed by atoms with Crippen molar-refractivity contribution in [3.63, 3.8) is 0 Å². The number of ether oxygens (including phenoxy) is 1. The van der Waals surface area contributed by atoms with E-state index >= 15 is 0 Å². The SMILES string of the molecule is COC(=O)[C@]1(C)CCN(C[C@H](O)C(F)(F)F)C1. The van der Waals surface area contributed by atoms with Gasteiger partial charge in [0.05, 0.1) is 12.5 Å². The molecule has 1 aliphatic heterocycles. The van der Waals surface area contributed by atoms with Crippen LogP contribution in [0.5, 0.6) is 0 Å². The first-order valence-electron chi connectivity index (χ1n) is 5.24. The van der Waals surface area contributed by atoms with Crippen molar-refractivity contribution >= 4 is 5.97 Å². The number of halogens is 3. The van der Waals surface area contributed by atoms with Gasteiger partial charge in [-0.1, -0.05) is 0 Å². The molecule has 1 saturated heterocycles. The van der Waals surface area contributed by atoms with E-state index in [9.17, 15) is 18.0 Å². The predicted molar refractivity (Wildman–Crippen MR) is 53.2 cm³/mol. The summed E-state index contributed by atoms with van der Waals surface area (Å²) < 4.78 is 41.1. The van der Waals surface area contributed by atoms with Crippen LogP contribution < -0.4 is 0 Å². The van der Waals surface area contributed by atoms with E-state index < -0.39 is 30.2 Å². The van der Waals surface area contributed by atoms with Crippen LogP contribution in [0.3, 0.4) is 0 Å². The van der Waals surface area contributed by atoms with E-state index in [1.807, 2.05) is 0 Å². The molecule has 4 nitrogen and oxygen atoms in total. The normalized spacial score (nSPS) is 28.1. The van der Waals surface area contributed by atoms with Gasteiger partial charge in [0.25, 0.3) is 0 Å². The van der Waals surface area contributed by atoms with Gasteiger partial charge in [-0.3, -0.25) is 9.69 Å². The molecule has 1 N–H and O–H groups in total. The van der Waals surface area contributed by atoms with E-state index in [-0.39, 0.29) is 6.54 Å². The highest BCUT2D eigenvalue weighted by Crippen LogP contribution is 2.32. The monoisotopic (exact) mass is 255 g/mol. The van der Waals surface area contributed by atoms with Crippen LogP contribution in [0.15, 0.2) is 0 Å². The minimum Gasteiger partial charge on any atom is -0.469 e. The van der Waals surface area contributed by atoms with Crippen LogP contribution in [-0.4, -0.2) is 55.0 Å². The fourth-order valence-corrected chi connectivity index (χ4v) is 1.97. The van der Waals surface area contributed by atoms with Crippen LogP contribution in [-0.2, 0) is 9.53 Å². The zero-order chi connectivity index (χ0) is 13.3. The topological polar surface area (TPSA) is 49.8 Å². The summed E-state index contributed by atoms with van der Waals surface area (Å²) in [6, 6.07) is 0. The number of likely N-dealkylation sites (tertiary alicyclic amines) is 1. The van der Waals surface area contributed by atoms with E-state index in [0.29, 0.717) is 13.0 Å². The number of esters is 1. The van der Waals surface area contributed by atoms with Gasteiger partial charge in [0.15, 0.2) is 6.10 Å². The average Bonchev–Trinajstić information content (AvgIpc) is 2.59. The molecule has 0 aromatic rings. The number of carbonyl (C=O) groups excluding carboxylic acids is 1. The standard InChI is InChI=1S/C10H16F3NO3/c1-9(8(16)17-2)3-4-14(6-9)5-7(15)10(11,12)13/h7,15H,3-6H2,1-2H3/t7-,9+/m0/s1. The molecule has 1 aliphatic rings. The van der Waals surface area contributed by atoms with Crippen LogP contribution in [0, 0.1) is 5.41 Å². The van der Waals surface area contributed by atoms with Crippen LogP contribution in [0.25, 0.3) is 0 Å². The smallest absolute Gasteiger partial charge is 0.415 e. The number of hydrogen-bond donors (Lipinski definition) is 1. The highest BCUT2D eigenvalue weighted by Gasteiger charge is 2.45. The first kappa shape index (κ1) is 14.2. The van der Waals surface area contributed by atoms with Gasteiger partial charge < -0.3 is 9.84 Å².